The van der Waals surface area contributed by atoms with E-state index in [0.29, 0.717) is 17.1 Å². The lowest BCUT2D eigenvalue weighted by molar-refractivity contribution is 0.427. The number of para-hydroxylation sites is 1. The molecule has 0 saturated carbocycles. The second kappa shape index (κ2) is 5.59. The van der Waals surface area contributed by atoms with E-state index in [1.165, 1.54) is 6.07 Å². The van der Waals surface area contributed by atoms with E-state index in [0.717, 1.165) is 10.2 Å². The standard InChI is InChI=1S/C13H10BrClFNO/c14-10-5-4-9(6-11(10)15)17-7-8-2-1-3-12(16)13(8)18/h1-6,17-18H,7H2. The van der Waals surface area contributed by atoms with Gasteiger partial charge in [-0.1, -0.05) is 23.7 Å². The molecule has 0 spiro atoms. The zero-order valence-electron chi connectivity index (χ0n) is 9.25. The highest BCUT2D eigenvalue weighted by molar-refractivity contribution is 9.10. The summed E-state index contributed by atoms with van der Waals surface area (Å²) in [5.74, 6) is -0.948. The van der Waals surface area contributed by atoms with Crippen LogP contribution >= 0.6 is 27.5 Å². The molecule has 0 radical (unpaired) electrons. The zero-order valence-corrected chi connectivity index (χ0v) is 11.6. The monoisotopic (exact) mass is 329 g/mol. The van der Waals surface area contributed by atoms with Crippen molar-refractivity contribution in [1.82, 2.24) is 0 Å². The van der Waals surface area contributed by atoms with E-state index in [1.54, 1.807) is 18.2 Å². The summed E-state index contributed by atoms with van der Waals surface area (Å²) in [6.07, 6.45) is 0. The lowest BCUT2D eigenvalue weighted by Gasteiger charge is -2.09. The van der Waals surface area contributed by atoms with Gasteiger partial charge in [-0.15, -0.1) is 0 Å². The van der Waals surface area contributed by atoms with E-state index in [-0.39, 0.29) is 5.75 Å². The summed E-state index contributed by atoms with van der Waals surface area (Å²) in [5, 5.41) is 13.2. The van der Waals surface area contributed by atoms with Crippen molar-refractivity contribution in [3.05, 3.63) is 57.3 Å². The molecule has 2 N–H and O–H groups in total. The molecule has 18 heavy (non-hydrogen) atoms. The van der Waals surface area contributed by atoms with Gasteiger partial charge in [0.25, 0.3) is 0 Å². The van der Waals surface area contributed by atoms with E-state index >= 15 is 0 Å². The van der Waals surface area contributed by atoms with Gasteiger partial charge in [-0.25, -0.2) is 4.39 Å². The average Bonchev–Trinajstić information content (AvgIpc) is 2.35. The quantitative estimate of drug-likeness (QED) is 0.864. The van der Waals surface area contributed by atoms with Crippen molar-refractivity contribution in [2.24, 2.45) is 0 Å². The number of nitrogens with one attached hydrogen (secondary N) is 1. The van der Waals surface area contributed by atoms with Gasteiger partial charge in [0.1, 0.15) is 0 Å². The first-order valence-electron chi connectivity index (χ1n) is 5.23. The predicted molar refractivity (Wildman–Crippen MR) is 74.5 cm³/mol. The Hall–Kier alpha value is -1.26. The first kappa shape index (κ1) is 13.2. The normalized spacial score (nSPS) is 10.4. The molecule has 2 aromatic carbocycles. The van der Waals surface area contributed by atoms with Crippen LogP contribution in [0, 0.1) is 5.82 Å². The number of aromatic hydroxyl groups is 1. The molecule has 0 aliphatic heterocycles. The maximum absolute atomic E-state index is 13.1. The van der Waals surface area contributed by atoms with Crippen molar-refractivity contribution < 1.29 is 9.50 Å². The van der Waals surface area contributed by atoms with Crippen LogP contribution in [0.15, 0.2) is 40.9 Å². The highest BCUT2D eigenvalue weighted by atomic mass is 79.9. The third-order valence-electron chi connectivity index (χ3n) is 2.47. The van der Waals surface area contributed by atoms with Crippen LogP contribution in [0.2, 0.25) is 5.02 Å². The molecule has 0 aliphatic rings. The fraction of sp³-hybridized carbons (Fsp3) is 0.0769. The van der Waals surface area contributed by atoms with Gasteiger partial charge in [0.15, 0.2) is 11.6 Å². The van der Waals surface area contributed by atoms with E-state index in [1.807, 2.05) is 12.1 Å². The Labute approximate surface area is 118 Å². The fourth-order valence-electron chi connectivity index (χ4n) is 1.51. The molecule has 0 fully saturated rings. The minimum atomic E-state index is -0.622. The number of phenolic OH excluding ortho intramolecular Hbond substituents is 1. The van der Waals surface area contributed by atoms with Gasteiger partial charge in [0.05, 0.1) is 5.02 Å². The molecule has 0 amide bonds. The summed E-state index contributed by atoms with van der Waals surface area (Å²) in [6.45, 7) is 0.321. The smallest absolute Gasteiger partial charge is 0.165 e. The zero-order chi connectivity index (χ0) is 13.1. The fourth-order valence-corrected chi connectivity index (χ4v) is 1.93. The lowest BCUT2D eigenvalue weighted by atomic mass is 10.2. The molecule has 0 heterocycles. The molecular formula is C13H10BrClFNO. The van der Waals surface area contributed by atoms with Crippen molar-refractivity contribution in [2.45, 2.75) is 6.54 Å². The highest BCUT2D eigenvalue weighted by Gasteiger charge is 2.06. The van der Waals surface area contributed by atoms with Crippen LogP contribution in [0.5, 0.6) is 5.75 Å². The molecule has 2 aromatic rings. The first-order chi connectivity index (χ1) is 8.58. The number of phenols is 1. The van der Waals surface area contributed by atoms with Gasteiger partial charge in [-0.05, 0) is 40.2 Å². The largest absolute Gasteiger partial charge is 0.505 e. The third-order valence-corrected chi connectivity index (χ3v) is 3.71. The first-order valence-corrected chi connectivity index (χ1v) is 6.40. The minimum absolute atomic E-state index is 0.321. The van der Waals surface area contributed by atoms with E-state index in [4.69, 9.17) is 11.6 Å². The number of hydrogen-bond donors (Lipinski definition) is 2. The van der Waals surface area contributed by atoms with E-state index in [9.17, 15) is 9.50 Å². The van der Waals surface area contributed by atoms with Crippen LogP contribution < -0.4 is 5.32 Å². The molecule has 0 saturated heterocycles. The predicted octanol–water partition coefficient (Wildman–Crippen LogP) is 4.56. The molecule has 2 rings (SSSR count). The Balaban J connectivity index is 2.11. The molecule has 94 valence electrons. The number of benzene rings is 2. The Morgan fingerprint density at radius 1 is 1.28 bits per heavy atom. The molecule has 0 unspecified atom stereocenters. The summed E-state index contributed by atoms with van der Waals surface area (Å²) in [5.41, 5.74) is 1.29. The van der Waals surface area contributed by atoms with Crippen LogP contribution in [0.25, 0.3) is 0 Å². The second-order valence-corrected chi connectivity index (χ2v) is 4.99. The minimum Gasteiger partial charge on any atom is -0.505 e. The van der Waals surface area contributed by atoms with Gasteiger partial charge in [-0.2, -0.15) is 0 Å². The Morgan fingerprint density at radius 3 is 2.78 bits per heavy atom. The lowest BCUT2D eigenvalue weighted by Crippen LogP contribution is -2.00. The maximum Gasteiger partial charge on any atom is 0.165 e. The van der Waals surface area contributed by atoms with Crippen molar-refractivity contribution in [3.8, 4) is 5.75 Å². The van der Waals surface area contributed by atoms with E-state index in [2.05, 4.69) is 21.2 Å². The Kier molecular flexibility index (Phi) is 4.09. The topological polar surface area (TPSA) is 32.3 Å². The molecule has 2 nitrogen and oxygen atoms in total. The number of hydrogen-bond acceptors (Lipinski definition) is 2. The summed E-state index contributed by atoms with van der Waals surface area (Å²) < 4.78 is 13.9. The van der Waals surface area contributed by atoms with Gasteiger partial charge < -0.3 is 10.4 Å². The molecular weight excluding hydrogens is 321 g/mol. The van der Waals surface area contributed by atoms with Crippen LogP contribution in [-0.4, -0.2) is 5.11 Å². The van der Waals surface area contributed by atoms with Crippen LogP contribution in [0.4, 0.5) is 10.1 Å². The molecule has 0 aromatic heterocycles. The van der Waals surface area contributed by atoms with E-state index < -0.39 is 5.82 Å². The summed E-state index contributed by atoms with van der Waals surface area (Å²) in [7, 11) is 0. The Bertz CT molecular complexity index is 577. The number of rotatable bonds is 3. The maximum atomic E-state index is 13.1. The third kappa shape index (κ3) is 2.94. The van der Waals surface area contributed by atoms with Gasteiger partial charge in [0, 0.05) is 22.3 Å². The highest BCUT2D eigenvalue weighted by Crippen LogP contribution is 2.27. The SMILES string of the molecule is Oc1c(F)cccc1CNc1ccc(Br)c(Cl)c1. The summed E-state index contributed by atoms with van der Waals surface area (Å²) in [6, 6.07) is 9.84. The molecule has 0 aliphatic carbocycles. The van der Waals surface area contributed by atoms with Crippen LogP contribution in [0.1, 0.15) is 5.56 Å². The van der Waals surface area contributed by atoms with Crippen LogP contribution in [0.3, 0.4) is 0 Å². The molecule has 5 heteroatoms. The van der Waals surface area contributed by atoms with Gasteiger partial charge in [0.2, 0.25) is 0 Å². The van der Waals surface area contributed by atoms with Crippen LogP contribution in [-0.2, 0) is 6.54 Å². The van der Waals surface area contributed by atoms with Gasteiger partial charge >= 0.3 is 0 Å². The summed E-state index contributed by atoms with van der Waals surface area (Å²) in [4.78, 5) is 0. The second-order valence-electron chi connectivity index (χ2n) is 3.73. The van der Waals surface area contributed by atoms with Crippen molar-refractivity contribution >= 4 is 33.2 Å². The Morgan fingerprint density at radius 2 is 2.06 bits per heavy atom. The van der Waals surface area contributed by atoms with Crippen molar-refractivity contribution in [1.29, 1.82) is 0 Å². The van der Waals surface area contributed by atoms with Crippen molar-refractivity contribution in [2.75, 3.05) is 5.32 Å². The summed E-state index contributed by atoms with van der Waals surface area (Å²) >= 11 is 9.25. The van der Waals surface area contributed by atoms with Crippen molar-refractivity contribution in [3.63, 3.8) is 0 Å². The number of anilines is 1. The molecule has 0 bridgehead atoms. The van der Waals surface area contributed by atoms with Gasteiger partial charge in [-0.3, -0.25) is 0 Å². The number of halogens is 3. The molecule has 0 atom stereocenters. The average molecular weight is 331 g/mol.